The van der Waals surface area contributed by atoms with E-state index >= 15 is 0 Å². The number of benzene rings is 1. The van der Waals surface area contributed by atoms with E-state index in [1.165, 1.54) is 20.8 Å². The largest absolute Gasteiger partial charge is 0.427 e. The van der Waals surface area contributed by atoms with Crippen LogP contribution in [0.1, 0.15) is 33.3 Å². The Kier molecular flexibility index (Phi) is 4.01. The number of rotatable bonds is 4. The van der Waals surface area contributed by atoms with Crippen molar-refractivity contribution >= 4 is 17.5 Å². The molecule has 4 nitrogen and oxygen atoms in total. The first-order valence-corrected chi connectivity index (χ1v) is 5.59. The minimum Gasteiger partial charge on any atom is -0.427 e. The van der Waals surface area contributed by atoms with E-state index in [0.717, 1.165) is 0 Å². The van der Waals surface area contributed by atoms with E-state index in [0.29, 0.717) is 11.3 Å². The van der Waals surface area contributed by atoms with Crippen LogP contribution in [0.4, 0.5) is 0 Å². The fourth-order valence-electron chi connectivity index (χ4n) is 1.68. The second kappa shape index (κ2) is 5.12. The molecule has 96 valence electrons. The van der Waals surface area contributed by atoms with E-state index in [4.69, 9.17) is 4.74 Å². The monoisotopic (exact) mass is 248 g/mol. The van der Waals surface area contributed by atoms with Gasteiger partial charge in [-0.1, -0.05) is 12.1 Å². The van der Waals surface area contributed by atoms with E-state index in [-0.39, 0.29) is 11.6 Å². The van der Waals surface area contributed by atoms with Crippen molar-refractivity contribution in [3.8, 4) is 5.75 Å². The molecule has 4 heteroatoms. The van der Waals surface area contributed by atoms with Crippen LogP contribution in [0, 0.1) is 0 Å². The lowest BCUT2D eigenvalue weighted by atomic mass is 9.76. The number of esters is 1. The van der Waals surface area contributed by atoms with Gasteiger partial charge in [0, 0.05) is 6.92 Å². The predicted octanol–water partition coefficient (Wildman–Crippen LogP) is 2.05. The van der Waals surface area contributed by atoms with Gasteiger partial charge in [0.15, 0.2) is 0 Å². The van der Waals surface area contributed by atoms with Crippen LogP contribution in [0.2, 0.25) is 0 Å². The van der Waals surface area contributed by atoms with E-state index in [1.807, 2.05) is 0 Å². The number of Topliss-reactive ketones (excluding diaryl/α,β-unsaturated/α-hetero) is 2. The van der Waals surface area contributed by atoms with Crippen molar-refractivity contribution in [2.75, 3.05) is 0 Å². The number of ether oxygens (including phenoxy) is 1. The van der Waals surface area contributed by atoms with Gasteiger partial charge in [0.1, 0.15) is 22.7 Å². The van der Waals surface area contributed by atoms with Gasteiger partial charge >= 0.3 is 5.97 Å². The lowest BCUT2D eigenvalue weighted by molar-refractivity contribution is -0.133. The highest BCUT2D eigenvalue weighted by atomic mass is 16.5. The molecular weight excluding hydrogens is 232 g/mol. The van der Waals surface area contributed by atoms with E-state index in [9.17, 15) is 14.4 Å². The quantitative estimate of drug-likeness (QED) is 0.465. The maximum atomic E-state index is 11.7. The number of carbonyl (C=O) groups is 3. The van der Waals surface area contributed by atoms with E-state index in [1.54, 1.807) is 31.2 Å². The molecule has 0 aliphatic rings. The van der Waals surface area contributed by atoms with Crippen molar-refractivity contribution in [2.24, 2.45) is 0 Å². The Balaban J connectivity index is 3.13. The molecule has 1 rings (SSSR count). The average molecular weight is 248 g/mol. The SMILES string of the molecule is CC(=O)Oc1ccc(C(C)(C(C)=O)C(C)=O)cc1. The lowest BCUT2D eigenvalue weighted by Crippen LogP contribution is -2.37. The van der Waals surface area contributed by atoms with Gasteiger partial charge in [-0.05, 0) is 38.5 Å². The van der Waals surface area contributed by atoms with Gasteiger partial charge in [-0.25, -0.2) is 0 Å². The van der Waals surface area contributed by atoms with Crippen molar-refractivity contribution in [3.63, 3.8) is 0 Å². The van der Waals surface area contributed by atoms with Gasteiger partial charge < -0.3 is 4.74 Å². The summed E-state index contributed by atoms with van der Waals surface area (Å²) in [6.07, 6.45) is 0. The Morgan fingerprint density at radius 1 is 0.944 bits per heavy atom. The zero-order valence-corrected chi connectivity index (χ0v) is 10.9. The summed E-state index contributed by atoms with van der Waals surface area (Å²) in [5.41, 5.74) is -0.548. The Morgan fingerprint density at radius 3 is 1.72 bits per heavy atom. The van der Waals surface area contributed by atoms with Crippen molar-refractivity contribution in [2.45, 2.75) is 33.1 Å². The van der Waals surface area contributed by atoms with Crippen LogP contribution in [0.25, 0.3) is 0 Å². The smallest absolute Gasteiger partial charge is 0.308 e. The molecule has 0 amide bonds. The fraction of sp³-hybridized carbons (Fsp3) is 0.357. The van der Waals surface area contributed by atoms with Crippen LogP contribution < -0.4 is 4.74 Å². The summed E-state index contributed by atoms with van der Waals surface area (Å²) >= 11 is 0. The third kappa shape index (κ3) is 2.64. The minimum absolute atomic E-state index is 0.213. The van der Waals surface area contributed by atoms with E-state index < -0.39 is 11.4 Å². The number of hydrogen-bond acceptors (Lipinski definition) is 4. The summed E-state index contributed by atoms with van der Waals surface area (Å²) in [6, 6.07) is 6.39. The average Bonchev–Trinajstić information content (AvgIpc) is 2.27. The first kappa shape index (κ1) is 14.1. The third-order valence-electron chi connectivity index (χ3n) is 3.10. The van der Waals surface area contributed by atoms with Crippen LogP contribution in [-0.2, 0) is 19.8 Å². The number of ketones is 2. The van der Waals surface area contributed by atoms with Crippen LogP contribution in [0.15, 0.2) is 24.3 Å². The van der Waals surface area contributed by atoms with Gasteiger partial charge in [0.25, 0.3) is 0 Å². The van der Waals surface area contributed by atoms with Gasteiger partial charge in [-0.2, -0.15) is 0 Å². The van der Waals surface area contributed by atoms with Crippen LogP contribution in [0.5, 0.6) is 5.75 Å². The molecule has 0 aliphatic carbocycles. The van der Waals surface area contributed by atoms with Crippen LogP contribution >= 0.6 is 0 Å². The molecule has 1 aromatic rings. The Morgan fingerprint density at radius 2 is 1.39 bits per heavy atom. The summed E-state index contributed by atoms with van der Waals surface area (Å²) in [4.78, 5) is 34.1. The molecule has 0 heterocycles. The molecule has 18 heavy (non-hydrogen) atoms. The van der Waals surface area contributed by atoms with Crippen molar-refractivity contribution in [1.29, 1.82) is 0 Å². The molecule has 0 unspecified atom stereocenters. The van der Waals surface area contributed by atoms with Gasteiger partial charge in [-0.15, -0.1) is 0 Å². The topological polar surface area (TPSA) is 60.4 Å². The second-order valence-corrected chi connectivity index (χ2v) is 4.36. The highest BCUT2D eigenvalue weighted by molar-refractivity contribution is 6.10. The van der Waals surface area contributed by atoms with E-state index in [2.05, 4.69) is 0 Å². The highest BCUT2D eigenvalue weighted by Gasteiger charge is 2.36. The van der Waals surface area contributed by atoms with Gasteiger partial charge in [0.2, 0.25) is 0 Å². The number of hydrogen-bond donors (Lipinski definition) is 0. The Hall–Kier alpha value is -1.97. The fourth-order valence-corrected chi connectivity index (χ4v) is 1.68. The minimum atomic E-state index is -1.14. The number of carbonyl (C=O) groups excluding carboxylic acids is 3. The highest BCUT2D eigenvalue weighted by Crippen LogP contribution is 2.27. The first-order valence-electron chi connectivity index (χ1n) is 5.59. The molecular formula is C14H16O4. The maximum absolute atomic E-state index is 11.7. The summed E-state index contributed by atoms with van der Waals surface area (Å²) < 4.78 is 4.89. The molecule has 0 aliphatic heterocycles. The van der Waals surface area contributed by atoms with Crippen LogP contribution in [-0.4, -0.2) is 17.5 Å². The molecule has 0 aromatic heterocycles. The summed E-state index contributed by atoms with van der Waals surface area (Å²) in [6.45, 7) is 5.68. The van der Waals surface area contributed by atoms with Crippen molar-refractivity contribution in [3.05, 3.63) is 29.8 Å². The predicted molar refractivity (Wildman–Crippen MR) is 66.5 cm³/mol. The van der Waals surface area contributed by atoms with Gasteiger partial charge in [0.05, 0.1) is 0 Å². The van der Waals surface area contributed by atoms with Crippen molar-refractivity contribution < 1.29 is 19.1 Å². The van der Waals surface area contributed by atoms with Crippen molar-refractivity contribution in [1.82, 2.24) is 0 Å². The molecule has 0 fully saturated rings. The summed E-state index contributed by atoms with van der Waals surface area (Å²) in [7, 11) is 0. The molecule has 0 bridgehead atoms. The summed E-state index contributed by atoms with van der Waals surface area (Å²) in [5, 5.41) is 0. The second-order valence-electron chi connectivity index (χ2n) is 4.36. The first-order chi connectivity index (χ1) is 8.28. The zero-order chi connectivity index (χ0) is 13.9. The summed E-state index contributed by atoms with van der Waals surface area (Å²) in [5.74, 6) is -0.449. The van der Waals surface area contributed by atoms with Crippen LogP contribution in [0.3, 0.4) is 0 Å². The molecule has 0 saturated carbocycles. The molecule has 0 atom stereocenters. The molecule has 0 saturated heterocycles. The van der Waals surface area contributed by atoms with Gasteiger partial charge in [-0.3, -0.25) is 14.4 Å². The molecule has 0 N–H and O–H groups in total. The molecule has 0 radical (unpaired) electrons. The Labute approximate surface area is 106 Å². The molecule has 1 aromatic carbocycles. The third-order valence-corrected chi connectivity index (χ3v) is 3.10. The standard InChI is InChI=1S/C14H16O4/c1-9(15)14(4,10(2)16)12-5-7-13(8-6-12)18-11(3)17/h5-8H,1-4H3. The normalized spacial score (nSPS) is 10.9. The maximum Gasteiger partial charge on any atom is 0.308 e. The molecule has 0 spiro atoms. The zero-order valence-electron chi connectivity index (χ0n) is 10.9. The lowest BCUT2D eigenvalue weighted by Gasteiger charge is -2.24. The Bertz CT molecular complexity index is 471.